The smallest absolute Gasteiger partial charge is 0.0345 e. The molecule has 0 aromatic heterocycles. The van der Waals surface area contributed by atoms with E-state index in [0.29, 0.717) is 0 Å². The Morgan fingerprint density at radius 2 is 1.75 bits per heavy atom. The molecule has 0 bridgehead atoms. The lowest BCUT2D eigenvalue weighted by atomic mass is 10.1. The largest absolute Gasteiger partial charge is 0.103 e. The van der Waals surface area contributed by atoms with Crippen molar-refractivity contribution in [1.29, 1.82) is 0 Å². The maximum atomic E-state index is 3.89. The Labute approximate surface area is 76.7 Å². The first-order valence-corrected chi connectivity index (χ1v) is 4.62. The van der Waals surface area contributed by atoms with Crippen molar-refractivity contribution in [3.8, 4) is 0 Å². The summed E-state index contributed by atoms with van der Waals surface area (Å²) in [5, 5.41) is 0. The van der Waals surface area contributed by atoms with Crippen molar-refractivity contribution in [2.24, 2.45) is 0 Å². The summed E-state index contributed by atoms with van der Waals surface area (Å²) in [5.41, 5.74) is 2.51. The van der Waals surface area contributed by atoms with Gasteiger partial charge in [0.1, 0.15) is 0 Å². The van der Waals surface area contributed by atoms with Gasteiger partial charge in [-0.15, -0.1) is 6.58 Å². The molecule has 0 aromatic rings. The zero-order chi connectivity index (χ0) is 9.40. The number of hydrogen-bond acceptors (Lipinski definition) is 0. The molecule has 0 fully saturated rings. The molecule has 0 unspecified atom stereocenters. The highest BCUT2D eigenvalue weighted by molar-refractivity contribution is 5.23. The van der Waals surface area contributed by atoms with Crippen molar-refractivity contribution in [3.63, 3.8) is 0 Å². The zero-order valence-electron chi connectivity index (χ0n) is 8.40. The summed E-state index contributed by atoms with van der Waals surface area (Å²) in [6.45, 7) is 11.7. The first kappa shape index (κ1) is 11.2. The van der Waals surface area contributed by atoms with Crippen LogP contribution >= 0.6 is 0 Å². The molecule has 0 rings (SSSR count). The van der Waals surface area contributed by atoms with Crippen LogP contribution in [0.5, 0.6) is 0 Å². The van der Waals surface area contributed by atoms with Gasteiger partial charge in [-0.3, -0.25) is 0 Å². The minimum absolute atomic E-state index is 1.14. The van der Waals surface area contributed by atoms with Crippen molar-refractivity contribution in [2.45, 2.75) is 39.5 Å². The van der Waals surface area contributed by atoms with Gasteiger partial charge in [-0.25, -0.2) is 0 Å². The van der Waals surface area contributed by atoms with E-state index in [4.69, 9.17) is 0 Å². The summed E-state index contributed by atoms with van der Waals surface area (Å²) >= 11 is 0. The molecule has 0 heteroatoms. The normalized spacial score (nSPS) is 11.3. The average Bonchev–Trinajstić information content (AvgIpc) is 2.03. The monoisotopic (exact) mass is 164 g/mol. The fourth-order valence-corrected chi connectivity index (χ4v) is 0.926. The van der Waals surface area contributed by atoms with Gasteiger partial charge in [0.25, 0.3) is 0 Å². The molecule has 12 heavy (non-hydrogen) atoms. The molecule has 0 aliphatic carbocycles. The standard InChI is InChI=1S/C12H20/c1-5-6-7-8-9-10-12(4)11(2)3/h5,10H,1-2,6-9H2,3-4H3. The van der Waals surface area contributed by atoms with E-state index in [2.05, 4.69) is 33.1 Å². The molecule has 0 saturated heterocycles. The van der Waals surface area contributed by atoms with Crippen LogP contribution in [0.15, 0.2) is 36.5 Å². The van der Waals surface area contributed by atoms with Crippen LogP contribution in [0.25, 0.3) is 0 Å². The van der Waals surface area contributed by atoms with Crippen LogP contribution in [0.1, 0.15) is 39.5 Å². The van der Waals surface area contributed by atoms with E-state index in [1.54, 1.807) is 0 Å². The van der Waals surface area contributed by atoms with E-state index in [1.807, 2.05) is 6.08 Å². The van der Waals surface area contributed by atoms with Gasteiger partial charge in [0.15, 0.2) is 0 Å². The van der Waals surface area contributed by atoms with Crippen molar-refractivity contribution in [3.05, 3.63) is 36.5 Å². The molecule has 0 N–H and O–H groups in total. The Hall–Kier alpha value is -0.780. The molecular weight excluding hydrogens is 144 g/mol. The zero-order valence-corrected chi connectivity index (χ0v) is 8.40. The predicted octanol–water partition coefficient (Wildman–Crippen LogP) is 4.26. The summed E-state index contributed by atoms with van der Waals surface area (Å²) in [6.07, 6.45) is 9.08. The van der Waals surface area contributed by atoms with Gasteiger partial charge in [0.2, 0.25) is 0 Å². The number of unbranched alkanes of at least 4 members (excludes halogenated alkanes) is 3. The van der Waals surface area contributed by atoms with Crippen LogP contribution < -0.4 is 0 Å². The Bertz CT molecular complexity index is 172. The molecule has 0 aliphatic rings. The average molecular weight is 164 g/mol. The lowest BCUT2D eigenvalue weighted by molar-refractivity contribution is 0.760. The van der Waals surface area contributed by atoms with Crippen LogP contribution in [0.4, 0.5) is 0 Å². The number of allylic oxidation sites excluding steroid dienone is 4. The van der Waals surface area contributed by atoms with Gasteiger partial charge in [0, 0.05) is 0 Å². The minimum Gasteiger partial charge on any atom is -0.103 e. The van der Waals surface area contributed by atoms with E-state index in [-0.39, 0.29) is 0 Å². The Morgan fingerprint density at radius 1 is 1.17 bits per heavy atom. The third-order valence-corrected chi connectivity index (χ3v) is 1.99. The van der Waals surface area contributed by atoms with E-state index >= 15 is 0 Å². The van der Waals surface area contributed by atoms with Crippen LogP contribution in [0, 0.1) is 0 Å². The van der Waals surface area contributed by atoms with Gasteiger partial charge in [-0.1, -0.05) is 29.9 Å². The third-order valence-electron chi connectivity index (χ3n) is 1.99. The number of hydrogen-bond donors (Lipinski definition) is 0. The summed E-state index contributed by atoms with van der Waals surface area (Å²) < 4.78 is 0. The minimum atomic E-state index is 1.14. The highest BCUT2D eigenvalue weighted by Crippen LogP contribution is 2.08. The third kappa shape index (κ3) is 5.96. The van der Waals surface area contributed by atoms with Gasteiger partial charge in [-0.2, -0.15) is 0 Å². The molecule has 0 aliphatic heterocycles. The lowest BCUT2D eigenvalue weighted by Crippen LogP contribution is -1.78. The van der Waals surface area contributed by atoms with E-state index < -0.39 is 0 Å². The second-order valence-corrected chi connectivity index (χ2v) is 3.24. The fourth-order valence-electron chi connectivity index (χ4n) is 0.926. The molecule has 0 nitrogen and oxygen atoms in total. The van der Waals surface area contributed by atoms with Crippen molar-refractivity contribution in [2.75, 3.05) is 0 Å². The predicted molar refractivity (Wildman–Crippen MR) is 57.2 cm³/mol. The van der Waals surface area contributed by atoms with Crippen LogP contribution in [-0.2, 0) is 0 Å². The molecule has 0 spiro atoms. The van der Waals surface area contributed by atoms with Crippen LogP contribution in [0.2, 0.25) is 0 Å². The molecular formula is C12H20. The second-order valence-electron chi connectivity index (χ2n) is 3.24. The van der Waals surface area contributed by atoms with Gasteiger partial charge < -0.3 is 0 Å². The first-order valence-electron chi connectivity index (χ1n) is 4.62. The summed E-state index contributed by atoms with van der Waals surface area (Å²) in [5.74, 6) is 0. The number of rotatable bonds is 6. The van der Waals surface area contributed by atoms with Crippen LogP contribution in [0.3, 0.4) is 0 Å². The molecule has 0 heterocycles. The van der Waals surface area contributed by atoms with E-state index in [9.17, 15) is 0 Å². The summed E-state index contributed by atoms with van der Waals surface area (Å²) in [7, 11) is 0. The molecule has 0 atom stereocenters. The quantitative estimate of drug-likeness (QED) is 0.313. The van der Waals surface area contributed by atoms with Gasteiger partial charge in [-0.05, 0) is 39.5 Å². The topological polar surface area (TPSA) is 0 Å². The van der Waals surface area contributed by atoms with Crippen molar-refractivity contribution in [1.82, 2.24) is 0 Å². The van der Waals surface area contributed by atoms with Crippen molar-refractivity contribution < 1.29 is 0 Å². The SMILES string of the molecule is C=CCCCCC=C(C)C(=C)C. The summed E-state index contributed by atoms with van der Waals surface area (Å²) in [4.78, 5) is 0. The van der Waals surface area contributed by atoms with Crippen LogP contribution in [-0.4, -0.2) is 0 Å². The Kier molecular flexibility index (Phi) is 6.45. The second kappa shape index (κ2) is 6.90. The molecule has 0 radical (unpaired) electrons. The fraction of sp³-hybridized carbons (Fsp3) is 0.500. The Balaban J connectivity index is 3.46. The molecule has 0 saturated carbocycles. The maximum absolute atomic E-state index is 3.89. The molecule has 68 valence electrons. The highest BCUT2D eigenvalue weighted by Gasteiger charge is 1.88. The maximum Gasteiger partial charge on any atom is -0.0345 e. The summed E-state index contributed by atoms with van der Waals surface area (Å²) in [6, 6.07) is 0. The lowest BCUT2D eigenvalue weighted by Gasteiger charge is -1.98. The molecule has 0 amide bonds. The van der Waals surface area contributed by atoms with Gasteiger partial charge in [0.05, 0.1) is 0 Å². The van der Waals surface area contributed by atoms with E-state index in [0.717, 1.165) is 6.42 Å². The first-order chi connectivity index (χ1) is 5.68. The Morgan fingerprint density at radius 3 is 2.25 bits per heavy atom. The van der Waals surface area contributed by atoms with Gasteiger partial charge >= 0.3 is 0 Å². The van der Waals surface area contributed by atoms with Crippen molar-refractivity contribution >= 4 is 0 Å². The molecule has 0 aromatic carbocycles. The highest BCUT2D eigenvalue weighted by atomic mass is 13.9. The van der Waals surface area contributed by atoms with E-state index in [1.165, 1.54) is 30.4 Å².